The zero-order valence-corrected chi connectivity index (χ0v) is 10.0. The van der Waals surface area contributed by atoms with Gasteiger partial charge in [-0.15, -0.1) is 0 Å². The lowest BCUT2D eigenvalue weighted by atomic mass is 9.93. The molecule has 0 unspecified atom stereocenters. The summed E-state index contributed by atoms with van der Waals surface area (Å²) in [6.07, 6.45) is 0.682. The van der Waals surface area contributed by atoms with Crippen LogP contribution in [0, 0.1) is 23.3 Å². The highest BCUT2D eigenvalue weighted by Gasteiger charge is 2.49. The molecule has 0 heterocycles. The molecule has 1 aromatic carbocycles. The second kappa shape index (κ2) is 4.48. The zero-order chi connectivity index (χ0) is 14.4. The molecule has 0 bridgehead atoms. The second-order valence-electron chi connectivity index (χ2n) is 4.48. The molecule has 2 N–H and O–H groups in total. The van der Waals surface area contributed by atoms with Gasteiger partial charge in [0.15, 0.2) is 23.3 Å². The van der Waals surface area contributed by atoms with E-state index in [1.165, 1.54) is 0 Å². The van der Waals surface area contributed by atoms with Crippen molar-refractivity contribution in [2.45, 2.75) is 18.3 Å². The number of ether oxygens (including phenoxy) is 1. The van der Waals surface area contributed by atoms with Crippen molar-refractivity contribution in [3.05, 3.63) is 34.4 Å². The van der Waals surface area contributed by atoms with Gasteiger partial charge in [0.05, 0.1) is 7.11 Å². The van der Waals surface area contributed by atoms with Crippen molar-refractivity contribution in [2.24, 2.45) is 5.73 Å². The molecular weight excluding hydrogens is 266 g/mol. The number of halogens is 4. The standard InChI is InChI=1S/C12H11F4NO2/c1-19-11(18)5-7(13)9(15)6(10(16)8(5)14)12(4-17)2-3-12/h2-4,17H2,1H3. The number of esters is 1. The second-order valence-corrected chi connectivity index (χ2v) is 4.48. The summed E-state index contributed by atoms with van der Waals surface area (Å²) in [4.78, 5) is 11.1. The molecule has 0 aliphatic heterocycles. The van der Waals surface area contributed by atoms with Gasteiger partial charge in [0.25, 0.3) is 0 Å². The summed E-state index contributed by atoms with van der Waals surface area (Å²) in [6, 6.07) is 0. The van der Waals surface area contributed by atoms with Crippen LogP contribution >= 0.6 is 0 Å². The maximum absolute atomic E-state index is 13.9. The first-order valence-electron chi connectivity index (χ1n) is 5.54. The molecule has 1 saturated carbocycles. The van der Waals surface area contributed by atoms with Gasteiger partial charge in [0.2, 0.25) is 0 Å². The molecule has 0 atom stereocenters. The molecule has 104 valence electrons. The number of hydrogen-bond donors (Lipinski definition) is 1. The highest BCUT2D eigenvalue weighted by atomic mass is 19.2. The Morgan fingerprint density at radius 1 is 1.16 bits per heavy atom. The van der Waals surface area contributed by atoms with Crippen LogP contribution in [0.4, 0.5) is 17.6 Å². The summed E-state index contributed by atoms with van der Waals surface area (Å²) in [7, 11) is 0.854. The minimum Gasteiger partial charge on any atom is -0.465 e. The summed E-state index contributed by atoms with van der Waals surface area (Å²) in [6.45, 7) is -0.128. The maximum atomic E-state index is 13.9. The van der Waals surface area contributed by atoms with E-state index in [1.807, 2.05) is 0 Å². The molecule has 3 nitrogen and oxygen atoms in total. The zero-order valence-electron chi connectivity index (χ0n) is 10.0. The number of methoxy groups -OCH3 is 1. The van der Waals surface area contributed by atoms with Gasteiger partial charge in [0, 0.05) is 17.5 Å². The highest BCUT2D eigenvalue weighted by Crippen LogP contribution is 2.50. The van der Waals surface area contributed by atoms with Gasteiger partial charge in [-0.2, -0.15) is 0 Å². The minimum absolute atomic E-state index is 0.128. The van der Waals surface area contributed by atoms with E-state index in [1.54, 1.807) is 0 Å². The lowest BCUT2D eigenvalue weighted by Crippen LogP contribution is -2.25. The molecule has 1 aliphatic rings. The Kier molecular flexibility index (Phi) is 3.25. The Bertz CT molecular complexity index is 526. The topological polar surface area (TPSA) is 52.3 Å². The number of nitrogens with two attached hydrogens (primary N) is 1. The van der Waals surface area contributed by atoms with E-state index in [4.69, 9.17) is 5.73 Å². The molecular formula is C12H11F4NO2. The summed E-state index contributed by atoms with van der Waals surface area (Å²) in [5, 5.41) is 0. The fourth-order valence-electron chi connectivity index (χ4n) is 2.09. The van der Waals surface area contributed by atoms with Crippen LogP contribution in [0.5, 0.6) is 0 Å². The van der Waals surface area contributed by atoms with Gasteiger partial charge in [-0.1, -0.05) is 0 Å². The van der Waals surface area contributed by atoms with E-state index in [2.05, 4.69) is 4.74 Å². The van der Waals surface area contributed by atoms with Crippen LogP contribution in [0.25, 0.3) is 0 Å². The first kappa shape index (κ1) is 13.8. The van der Waals surface area contributed by atoms with E-state index in [-0.39, 0.29) is 6.54 Å². The van der Waals surface area contributed by atoms with E-state index < -0.39 is 45.8 Å². The third kappa shape index (κ3) is 1.88. The lowest BCUT2D eigenvalue weighted by Gasteiger charge is -2.17. The average molecular weight is 277 g/mol. The van der Waals surface area contributed by atoms with E-state index >= 15 is 0 Å². The van der Waals surface area contributed by atoms with Crippen molar-refractivity contribution < 1.29 is 27.1 Å². The monoisotopic (exact) mass is 277 g/mol. The van der Waals surface area contributed by atoms with Crippen molar-refractivity contribution >= 4 is 5.97 Å². The molecule has 0 aromatic heterocycles. The summed E-state index contributed by atoms with van der Waals surface area (Å²) < 4.78 is 59.3. The van der Waals surface area contributed by atoms with Crippen molar-refractivity contribution in [3.63, 3.8) is 0 Å². The maximum Gasteiger partial charge on any atom is 0.344 e. The predicted molar refractivity (Wildman–Crippen MR) is 57.6 cm³/mol. The molecule has 0 saturated heterocycles. The average Bonchev–Trinajstić information content (AvgIpc) is 3.17. The molecule has 19 heavy (non-hydrogen) atoms. The van der Waals surface area contributed by atoms with Gasteiger partial charge in [-0.3, -0.25) is 0 Å². The molecule has 0 radical (unpaired) electrons. The van der Waals surface area contributed by atoms with Gasteiger partial charge >= 0.3 is 5.97 Å². The Morgan fingerprint density at radius 2 is 1.63 bits per heavy atom. The Balaban J connectivity index is 2.71. The third-order valence-electron chi connectivity index (χ3n) is 3.43. The first-order valence-corrected chi connectivity index (χ1v) is 5.54. The molecule has 7 heteroatoms. The van der Waals surface area contributed by atoms with E-state index in [0.29, 0.717) is 12.8 Å². The molecule has 0 spiro atoms. The van der Waals surface area contributed by atoms with Crippen LogP contribution in [0.3, 0.4) is 0 Å². The van der Waals surface area contributed by atoms with E-state index in [0.717, 1.165) is 7.11 Å². The number of hydrogen-bond acceptors (Lipinski definition) is 3. The quantitative estimate of drug-likeness (QED) is 0.522. The van der Waals surface area contributed by atoms with Gasteiger partial charge in [-0.25, -0.2) is 22.4 Å². The number of benzene rings is 1. The van der Waals surface area contributed by atoms with Crippen molar-refractivity contribution in [2.75, 3.05) is 13.7 Å². The highest BCUT2D eigenvalue weighted by molar-refractivity contribution is 5.90. The molecule has 1 fully saturated rings. The normalized spacial score (nSPS) is 16.3. The van der Waals surface area contributed by atoms with Crippen molar-refractivity contribution in [3.8, 4) is 0 Å². The predicted octanol–water partition coefficient (Wildman–Crippen LogP) is 2.02. The third-order valence-corrected chi connectivity index (χ3v) is 3.43. The van der Waals surface area contributed by atoms with Crippen LogP contribution in [-0.4, -0.2) is 19.6 Å². The smallest absolute Gasteiger partial charge is 0.344 e. The summed E-state index contributed by atoms with van der Waals surface area (Å²) >= 11 is 0. The Hall–Kier alpha value is -1.63. The van der Waals surface area contributed by atoms with Crippen LogP contribution in [0.15, 0.2) is 0 Å². The summed E-state index contributed by atoms with van der Waals surface area (Å²) in [5.41, 5.74) is 2.22. The van der Waals surface area contributed by atoms with Gasteiger partial charge < -0.3 is 10.5 Å². The van der Waals surface area contributed by atoms with Crippen molar-refractivity contribution in [1.82, 2.24) is 0 Å². The summed E-state index contributed by atoms with van der Waals surface area (Å²) in [5.74, 6) is -8.14. The SMILES string of the molecule is COC(=O)c1c(F)c(F)c(C2(CN)CC2)c(F)c1F. The minimum atomic E-state index is -1.75. The Morgan fingerprint density at radius 3 is 1.95 bits per heavy atom. The molecule has 0 amide bonds. The van der Waals surface area contributed by atoms with Crippen LogP contribution < -0.4 is 5.73 Å². The molecule has 1 aliphatic carbocycles. The van der Waals surface area contributed by atoms with Gasteiger partial charge in [-0.05, 0) is 12.8 Å². The van der Waals surface area contributed by atoms with Gasteiger partial charge in [0.1, 0.15) is 5.56 Å². The fourth-order valence-corrected chi connectivity index (χ4v) is 2.09. The Labute approximate surface area is 106 Å². The number of carbonyl (C=O) groups excluding carboxylic acids is 1. The molecule has 1 aromatic rings. The molecule has 2 rings (SSSR count). The van der Waals surface area contributed by atoms with Crippen molar-refractivity contribution in [1.29, 1.82) is 0 Å². The van der Waals surface area contributed by atoms with Crippen LogP contribution in [0.2, 0.25) is 0 Å². The van der Waals surface area contributed by atoms with Crippen LogP contribution in [-0.2, 0) is 10.2 Å². The largest absolute Gasteiger partial charge is 0.465 e. The van der Waals surface area contributed by atoms with E-state index in [9.17, 15) is 22.4 Å². The van der Waals surface area contributed by atoms with Crippen LogP contribution in [0.1, 0.15) is 28.8 Å². The lowest BCUT2D eigenvalue weighted by molar-refractivity contribution is 0.0586. The fraction of sp³-hybridized carbons (Fsp3) is 0.417. The number of rotatable bonds is 3. The first-order chi connectivity index (χ1) is 8.89. The number of carbonyl (C=O) groups is 1.